The van der Waals surface area contributed by atoms with E-state index in [1.54, 1.807) is 0 Å². The first-order valence-corrected chi connectivity index (χ1v) is 4.74. The van der Waals surface area contributed by atoms with Gasteiger partial charge in [0.2, 0.25) is 0 Å². The molecule has 0 heterocycles. The summed E-state index contributed by atoms with van der Waals surface area (Å²) in [5, 5.41) is 0.658. The molecule has 0 amide bonds. The maximum absolute atomic E-state index is 5.93. The molecule has 0 aromatic heterocycles. The number of nitrogens with two attached hydrogens (primary N) is 1. The van der Waals surface area contributed by atoms with E-state index in [1.165, 1.54) is 12.8 Å². The van der Waals surface area contributed by atoms with Gasteiger partial charge in [-0.3, -0.25) is 0 Å². The van der Waals surface area contributed by atoms with Crippen LogP contribution in [0.25, 0.3) is 0 Å². The smallest absolute Gasteiger partial charge is 0.103 e. The van der Waals surface area contributed by atoms with Crippen molar-refractivity contribution in [2.24, 2.45) is 16.6 Å². The van der Waals surface area contributed by atoms with E-state index in [4.69, 9.17) is 17.3 Å². The Balaban J connectivity index is 2.25. The summed E-state index contributed by atoms with van der Waals surface area (Å²) in [6.45, 7) is 0. The standard InChI is InChI=1S/C10H11ClN2/c11-8-3-1-2-4-9(8)13-10(12)7-5-6-7/h1-4,7H,5-6H2,(H2,12,13). The first-order chi connectivity index (χ1) is 6.27. The highest BCUT2D eigenvalue weighted by atomic mass is 35.5. The van der Waals surface area contributed by atoms with Gasteiger partial charge >= 0.3 is 0 Å². The molecule has 1 fully saturated rings. The fraction of sp³-hybridized carbons (Fsp3) is 0.300. The number of nitrogens with zero attached hydrogens (tertiary/aromatic N) is 1. The summed E-state index contributed by atoms with van der Waals surface area (Å²) in [6, 6.07) is 7.48. The Morgan fingerprint density at radius 1 is 1.38 bits per heavy atom. The molecular formula is C10H11ClN2. The van der Waals surface area contributed by atoms with Crippen LogP contribution in [0.2, 0.25) is 5.02 Å². The van der Waals surface area contributed by atoms with Crippen molar-refractivity contribution in [2.75, 3.05) is 0 Å². The highest BCUT2D eigenvalue weighted by Crippen LogP contribution is 2.31. The molecule has 0 radical (unpaired) electrons. The fourth-order valence-corrected chi connectivity index (χ4v) is 1.33. The van der Waals surface area contributed by atoms with Crippen molar-refractivity contribution in [2.45, 2.75) is 12.8 Å². The van der Waals surface area contributed by atoms with Gasteiger partial charge < -0.3 is 5.73 Å². The summed E-state index contributed by atoms with van der Waals surface area (Å²) < 4.78 is 0. The molecule has 1 aromatic rings. The molecule has 3 heteroatoms. The number of hydrogen-bond donors (Lipinski definition) is 1. The van der Waals surface area contributed by atoms with Crippen LogP contribution >= 0.6 is 11.6 Å². The Bertz CT molecular complexity index is 343. The molecule has 68 valence electrons. The predicted molar refractivity (Wildman–Crippen MR) is 55.5 cm³/mol. The molecule has 0 bridgehead atoms. The zero-order valence-electron chi connectivity index (χ0n) is 7.20. The minimum atomic E-state index is 0.497. The Morgan fingerprint density at radius 3 is 2.69 bits per heavy atom. The van der Waals surface area contributed by atoms with Crippen LogP contribution in [0, 0.1) is 5.92 Å². The molecule has 1 aliphatic carbocycles. The fourth-order valence-electron chi connectivity index (χ4n) is 1.15. The van der Waals surface area contributed by atoms with Crippen molar-refractivity contribution in [3.63, 3.8) is 0 Å². The second-order valence-corrected chi connectivity index (χ2v) is 3.67. The second kappa shape index (κ2) is 3.38. The lowest BCUT2D eigenvalue weighted by atomic mass is 10.3. The van der Waals surface area contributed by atoms with Crippen molar-refractivity contribution in [1.29, 1.82) is 0 Å². The highest BCUT2D eigenvalue weighted by molar-refractivity contribution is 6.33. The summed E-state index contributed by atoms with van der Waals surface area (Å²) in [5.74, 6) is 1.21. The molecule has 13 heavy (non-hydrogen) atoms. The Kier molecular flexibility index (Phi) is 2.23. The van der Waals surface area contributed by atoms with E-state index in [0.717, 1.165) is 5.69 Å². The number of halogens is 1. The van der Waals surface area contributed by atoms with E-state index < -0.39 is 0 Å². The van der Waals surface area contributed by atoms with Gasteiger partial charge in [-0.25, -0.2) is 4.99 Å². The third-order valence-electron chi connectivity index (χ3n) is 2.10. The maximum Gasteiger partial charge on any atom is 0.103 e. The van der Waals surface area contributed by atoms with Gasteiger partial charge in [-0.2, -0.15) is 0 Å². The third kappa shape index (κ3) is 2.01. The average molecular weight is 195 g/mol. The lowest BCUT2D eigenvalue weighted by molar-refractivity contribution is 1.15. The third-order valence-corrected chi connectivity index (χ3v) is 2.42. The van der Waals surface area contributed by atoms with Crippen LogP contribution in [-0.2, 0) is 0 Å². The van der Waals surface area contributed by atoms with E-state index in [-0.39, 0.29) is 0 Å². The first-order valence-electron chi connectivity index (χ1n) is 4.36. The number of aliphatic imine (C=N–C) groups is 1. The molecule has 2 rings (SSSR count). The van der Waals surface area contributed by atoms with E-state index in [2.05, 4.69) is 4.99 Å². The minimum absolute atomic E-state index is 0.497. The average Bonchev–Trinajstić information content (AvgIpc) is 2.91. The van der Waals surface area contributed by atoms with Crippen LogP contribution in [-0.4, -0.2) is 5.84 Å². The predicted octanol–water partition coefficient (Wildman–Crippen LogP) is 2.74. The van der Waals surface area contributed by atoms with E-state index in [9.17, 15) is 0 Å². The zero-order valence-corrected chi connectivity index (χ0v) is 7.96. The largest absolute Gasteiger partial charge is 0.387 e. The Hall–Kier alpha value is -1.02. The SMILES string of the molecule is NC(=Nc1ccccc1Cl)C1CC1. The van der Waals surface area contributed by atoms with E-state index >= 15 is 0 Å². The van der Waals surface area contributed by atoms with Crippen molar-refractivity contribution in [3.8, 4) is 0 Å². The molecule has 0 aliphatic heterocycles. The molecule has 2 N–H and O–H groups in total. The topological polar surface area (TPSA) is 38.4 Å². The quantitative estimate of drug-likeness (QED) is 0.571. The molecule has 0 spiro atoms. The molecule has 1 aliphatic rings. The molecule has 0 atom stereocenters. The molecule has 2 nitrogen and oxygen atoms in total. The maximum atomic E-state index is 5.93. The minimum Gasteiger partial charge on any atom is -0.387 e. The van der Waals surface area contributed by atoms with Gasteiger partial charge in [0.25, 0.3) is 0 Å². The molecule has 1 aromatic carbocycles. The normalized spacial score (nSPS) is 17.5. The van der Waals surface area contributed by atoms with Gasteiger partial charge in [-0.1, -0.05) is 23.7 Å². The van der Waals surface area contributed by atoms with Gasteiger partial charge in [0, 0.05) is 5.92 Å². The molecule has 0 saturated heterocycles. The number of rotatable bonds is 2. The van der Waals surface area contributed by atoms with Crippen molar-refractivity contribution in [1.82, 2.24) is 0 Å². The van der Waals surface area contributed by atoms with Crippen molar-refractivity contribution < 1.29 is 0 Å². The van der Waals surface area contributed by atoms with Gasteiger partial charge in [0.15, 0.2) is 0 Å². The molecule has 0 unspecified atom stereocenters. The van der Waals surface area contributed by atoms with Crippen LogP contribution in [0.3, 0.4) is 0 Å². The molecule has 1 saturated carbocycles. The number of amidine groups is 1. The number of para-hydroxylation sites is 1. The van der Waals surface area contributed by atoms with Gasteiger partial charge in [-0.05, 0) is 25.0 Å². The van der Waals surface area contributed by atoms with Crippen LogP contribution in [0.1, 0.15) is 12.8 Å². The van der Waals surface area contributed by atoms with Crippen LogP contribution in [0.4, 0.5) is 5.69 Å². The van der Waals surface area contributed by atoms with Crippen molar-refractivity contribution >= 4 is 23.1 Å². The summed E-state index contributed by atoms with van der Waals surface area (Å²) in [6.07, 6.45) is 2.33. The summed E-state index contributed by atoms with van der Waals surface area (Å²) in [7, 11) is 0. The summed E-state index contributed by atoms with van der Waals surface area (Å²) in [4.78, 5) is 4.28. The lowest BCUT2D eigenvalue weighted by Gasteiger charge is -1.99. The Morgan fingerprint density at radius 2 is 2.08 bits per heavy atom. The highest BCUT2D eigenvalue weighted by Gasteiger charge is 2.25. The lowest BCUT2D eigenvalue weighted by Crippen LogP contribution is -2.13. The monoisotopic (exact) mass is 194 g/mol. The number of hydrogen-bond acceptors (Lipinski definition) is 1. The first kappa shape index (κ1) is 8.57. The van der Waals surface area contributed by atoms with Crippen LogP contribution in [0.15, 0.2) is 29.3 Å². The van der Waals surface area contributed by atoms with Gasteiger partial charge in [-0.15, -0.1) is 0 Å². The van der Waals surface area contributed by atoms with Crippen LogP contribution in [0.5, 0.6) is 0 Å². The summed E-state index contributed by atoms with van der Waals surface area (Å²) >= 11 is 5.93. The zero-order chi connectivity index (χ0) is 9.26. The van der Waals surface area contributed by atoms with E-state index in [0.29, 0.717) is 16.8 Å². The Labute approximate surface area is 82.4 Å². The van der Waals surface area contributed by atoms with E-state index in [1.807, 2.05) is 24.3 Å². The number of benzene rings is 1. The van der Waals surface area contributed by atoms with Crippen molar-refractivity contribution in [3.05, 3.63) is 29.3 Å². The van der Waals surface area contributed by atoms with Crippen LogP contribution < -0.4 is 5.73 Å². The van der Waals surface area contributed by atoms with Gasteiger partial charge in [0.1, 0.15) is 5.84 Å². The second-order valence-electron chi connectivity index (χ2n) is 3.26. The van der Waals surface area contributed by atoms with Gasteiger partial charge in [0.05, 0.1) is 10.7 Å². The summed E-state index contributed by atoms with van der Waals surface area (Å²) in [5.41, 5.74) is 6.54. The molecular weight excluding hydrogens is 184 g/mol.